The lowest BCUT2D eigenvalue weighted by Crippen LogP contribution is -2.11. The van der Waals surface area contributed by atoms with Gasteiger partial charge in [-0.1, -0.05) is 17.7 Å². The predicted octanol–water partition coefficient (Wildman–Crippen LogP) is 2.55. The summed E-state index contributed by atoms with van der Waals surface area (Å²) in [6, 6.07) is 4.11. The fourth-order valence-corrected chi connectivity index (χ4v) is 1.25. The molecule has 5 heteroatoms. The fourth-order valence-electron chi connectivity index (χ4n) is 1.09. The zero-order chi connectivity index (χ0) is 12.1. The molecule has 0 aliphatic rings. The van der Waals surface area contributed by atoms with Crippen LogP contribution in [0.4, 0.5) is 5.69 Å². The van der Waals surface area contributed by atoms with Gasteiger partial charge in [-0.05, 0) is 18.2 Å². The number of aromatic carboxylic acids is 1. The van der Waals surface area contributed by atoms with Gasteiger partial charge in [0.15, 0.2) is 0 Å². The van der Waals surface area contributed by atoms with Crippen LogP contribution in [-0.2, 0) is 4.79 Å². The fraction of sp³-hybridized carbons (Fsp3) is 0.0909. The van der Waals surface area contributed by atoms with E-state index in [1.807, 2.05) is 0 Å². The highest BCUT2D eigenvalue weighted by atomic mass is 35.5. The molecule has 16 heavy (non-hydrogen) atoms. The Kier molecular flexibility index (Phi) is 4.08. The summed E-state index contributed by atoms with van der Waals surface area (Å²) in [5.74, 6) is -1.37. The largest absolute Gasteiger partial charge is 0.478 e. The first kappa shape index (κ1) is 12.3. The van der Waals surface area contributed by atoms with Crippen LogP contribution in [0.3, 0.4) is 0 Å². The Bertz CT molecular complexity index is 443. The number of carboxylic acid groups (broad SMARTS) is 1. The van der Waals surface area contributed by atoms with Gasteiger partial charge in [-0.15, -0.1) is 6.58 Å². The highest BCUT2D eigenvalue weighted by molar-refractivity contribution is 6.33. The van der Waals surface area contributed by atoms with Crippen molar-refractivity contribution in [1.29, 1.82) is 0 Å². The van der Waals surface area contributed by atoms with Crippen LogP contribution in [0.25, 0.3) is 0 Å². The zero-order valence-electron chi connectivity index (χ0n) is 8.37. The van der Waals surface area contributed by atoms with Gasteiger partial charge in [-0.3, -0.25) is 4.79 Å². The van der Waals surface area contributed by atoms with Crippen LogP contribution in [0.5, 0.6) is 0 Å². The summed E-state index contributed by atoms with van der Waals surface area (Å²) < 4.78 is 0. The van der Waals surface area contributed by atoms with Gasteiger partial charge in [0.2, 0.25) is 5.91 Å². The van der Waals surface area contributed by atoms with Crippen LogP contribution in [0, 0.1) is 0 Å². The van der Waals surface area contributed by atoms with Crippen molar-refractivity contribution in [2.45, 2.75) is 6.42 Å². The number of anilines is 1. The summed E-state index contributed by atoms with van der Waals surface area (Å²) in [5.41, 5.74) is 0.353. The number of nitrogens with one attached hydrogen (secondary N) is 1. The van der Waals surface area contributed by atoms with Gasteiger partial charge in [-0.25, -0.2) is 4.79 Å². The van der Waals surface area contributed by atoms with E-state index in [0.717, 1.165) is 0 Å². The molecule has 0 fully saturated rings. The molecular weight excluding hydrogens is 230 g/mol. The van der Waals surface area contributed by atoms with Crippen LogP contribution in [0.15, 0.2) is 30.9 Å². The van der Waals surface area contributed by atoms with Crippen LogP contribution in [-0.4, -0.2) is 17.0 Å². The van der Waals surface area contributed by atoms with Crippen LogP contribution < -0.4 is 5.32 Å². The van der Waals surface area contributed by atoms with Crippen molar-refractivity contribution < 1.29 is 14.7 Å². The summed E-state index contributed by atoms with van der Waals surface area (Å²) in [6.45, 7) is 3.42. The number of carboxylic acids is 1. The summed E-state index contributed by atoms with van der Waals surface area (Å²) >= 11 is 5.81. The van der Waals surface area contributed by atoms with Crippen molar-refractivity contribution in [2.75, 3.05) is 5.32 Å². The predicted molar refractivity (Wildman–Crippen MR) is 61.9 cm³/mol. The maximum absolute atomic E-state index is 11.3. The van der Waals surface area contributed by atoms with E-state index in [0.29, 0.717) is 5.02 Å². The number of carbonyl (C=O) groups is 2. The SMILES string of the molecule is C=CCC(=O)Nc1cc(C(=O)O)ccc1Cl. The molecular formula is C11H10ClNO3. The third kappa shape index (κ3) is 3.10. The molecule has 0 radical (unpaired) electrons. The molecule has 84 valence electrons. The minimum Gasteiger partial charge on any atom is -0.478 e. The Hall–Kier alpha value is -1.81. The van der Waals surface area contributed by atoms with Crippen molar-refractivity contribution >= 4 is 29.2 Å². The van der Waals surface area contributed by atoms with E-state index >= 15 is 0 Å². The number of carbonyl (C=O) groups excluding carboxylic acids is 1. The highest BCUT2D eigenvalue weighted by Gasteiger charge is 2.09. The normalized spacial score (nSPS) is 9.56. The highest BCUT2D eigenvalue weighted by Crippen LogP contribution is 2.23. The summed E-state index contributed by atoms with van der Waals surface area (Å²) in [6.07, 6.45) is 1.60. The van der Waals surface area contributed by atoms with Gasteiger partial charge in [0.05, 0.1) is 16.3 Å². The molecule has 0 unspecified atom stereocenters. The quantitative estimate of drug-likeness (QED) is 0.794. The monoisotopic (exact) mass is 239 g/mol. The first-order chi connectivity index (χ1) is 7.54. The van der Waals surface area contributed by atoms with Gasteiger partial charge < -0.3 is 10.4 Å². The molecule has 0 spiro atoms. The van der Waals surface area contributed by atoms with Gasteiger partial charge in [0.1, 0.15) is 0 Å². The van der Waals surface area contributed by atoms with E-state index < -0.39 is 5.97 Å². The Morgan fingerprint density at radius 2 is 2.19 bits per heavy atom. The third-order valence-electron chi connectivity index (χ3n) is 1.82. The molecule has 1 amide bonds. The maximum atomic E-state index is 11.3. The van der Waals surface area contributed by atoms with Crippen molar-refractivity contribution in [3.8, 4) is 0 Å². The molecule has 0 atom stereocenters. The molecule has 0 aromatic heterocycles. The number of hydrogen-bond donors (Lipinski definition) is 2. The lowest BCUT2D eigenvalue weighted by atomic mass is 10.2. The lowest BCUT2D eigenvalue weighted by Gasteiger charge is -2.06. The molecule has 0 saturated carbocycles. The minimum atomic E-state index is -1.07. The van der Waals surface area contributed by atoms with Crippen molar-refractivity contribution in [1.82, 2.24) is 0 Å². The second-order valence-corrected chi connectivity index (χ2v) is 3.45. The Morgan fingerprint density at radius 1 is 1.50 bits per heavy atom. The topological polar surface area (TPSA) is 66.4 Å². The van der Waals surface area contributed by atoms with E-state index in [9.17, 15) is 9.59 Å². The first-order valence-electron chi connectivity index (χ1n) is 4.48. The molecule has 0 aliphatic heterocycles. The molecule has 0 aliphatic carbocycles. The van der Waals surface area contributed by atoms with Gasteiger partial charge in [0, 0.05) is 6.42 Å². The Morgan fingerprint density at radius 3 is 2.75 bits per heavy atom. The Labute approximate surface area is 97.5 Å². The summed E-state index contributed by atoms with van der Waals surface area (Å²) in [7, 11) is 0. The molecule has 1 aromatic rings. The van der Waals surface area contributed by atoms with Crippen LogP contribution >= 0.6 is 11.6 Å². The van der Waals surface area contributed by atoms with E-state index in [1.165, 1.54) is 24.3 Å². The standard InChI is InChI=1S/C11H10ClNO3/c1-2-3-10(14)13-9-6-7(11(15)16)4-5-8(9)12/h2,4-6H,1,3H2,(H,13,14)(H,15,16). The summed E-state index contributed by atoms with van der Waals surface area (Å²) in [5, 5.41) is 11.6. The average molecular weight is 240 g/mol. The number of benzene rings is 1. The van der Waals surface area contributed by atoms with Gasteiger partial charge >= 0.3 is 5.97 Å². The molecule has 4 nitrogen and oxygen atoms in total. The lowest BCUT2D eigenvalue weighted by molar-refractivity contribution is -0.115. The minimum absolute atomic E-state index is 0.0679. The van der Waals surface area contributed by atoms with Gasteiger partial charge in [0.25, 0.3) is 0 Å². The van der Waals surface area contributed by atoms with Crippen molar-refractivity contribution in [2.24, 2.45) is 0 Å². The van der Waals surface area contributed by atoms with E-state index in [1.54, 1.807) is 0 Å². The first-order valence-corrected chi connectivity index (χ1v) is 4.86. The second kappa shape index (κ2) is 5.32. The second-order valence-electron chi connectivity index (χ2n) is 3.04. The van der Waals surface area contributed by atoms with Crippen LogP contribution in [0.2, 0.25) is 5.02 Å². The van der Waals surface area contributed by atoms with E-state index in [2.05, 4.69) is 11.9 Å². The third-order valence-corrected chi connectivity index (χ3v) is 2.15. The average Bonchev–Trinajstić information content (AvgIpc) is 2.21. The molecule has 1 rings (SSSR count). The van der Waals surface area contributed by atoms with E-state index in [4.69, 9.17) is 16.7 Å². The summed E-state index contributed by atoms with van der Waals surface area (Å²) in [4.78, 5) is 22.0. The number of halogens is 1. The van der Waals surface area contributed by atoms with Crippen LogP contribution in [0.1, 0.15) is 16.8 Å². The maximum Gasteiger partial charge on any atom is 0.335 e. The Balaban J connectivity index is 2.94. The molecule has 1 aromatic carbocycles. The molecule has 2 N–H and O–H groups in total. The smallest absolute Gasteiger partial charge is 0.335 e. The number of rotatable bonds is 4. The van der Waals surface area contributed by atoms with Crippen molar-refractivity contribution in [3.63, 3.8) is 0 Å². The number of hydrogen-bond acceptors (Lipinski definition) is 2. The zero-order valence-corrected chi connectivity index (χ0v) is 9.12. The number of amides is 1. The molecule has 0 heterocycles. The van der Waals surface area contributed by atoms with Crippen molar-refractivity contribution in [3.05, 3.63) is 41.4 Å². The van der Waals surface area contributed by atoms with Gasteiger partial charge in [-0.2, -0.15) is 0 Å². The van der Waals surface area contributed by atoms with E-state index in [-0.39, 0.29) is 23.6 Å². The molecule has 0 saturated heterocycles. The molecule has 0 bridgehead atoms.